The van der Waals surface area contributed by atoms with Gasteiger partial charge in [0.2, 0.25) is 5.91 Å². The zero-order valence-corrected chi connectivity index (χ0v) is 14.9. The molecule has 0 radical (unpaired) electrons. The molecule has 1 heterocycles. The maximum Gasteiger partial charge on any atom is 0.416 e. The normalized spacial score (nSPS) is 17.2. The van der Waals surface area contributed by atoms with Gasteiger partial charge in [0.15, 0.2) is 0 Å². The number of nitrogens with zero attached hydrogens (tertiary/aromatic N) is 1. The van der Waals surface area contributed by atoms with Crippen LogP contribution in [0.25, 0.3) is 0 Å². The van der Waals surface area contributed by atoms with Crippen molar-refractivity contribution in [3.05, 3.63) is 71.3 Å². The summed E-state index contributed by atoms with van der Waals surface area (Å²) in [4.78, 5) is 26.1. The number of morpholine rings is 1. The van der Waals surface area contributed by atoms with E-state index in [1.165, 1.54) is 6.07 Å². The van der Waals surface area contributed by atoms with Crippen LogP contribution in [0.4, 0.5) is 13.2 Å². The number of benzene rings is 2. The van der Waals surface area contributed by atoms with Gasteiger partial charge in [0.25, 0.3) is 5.91 Å². The Morgan fingerprint density at radius 3 is 2.57 bits per heavy atom. The second-order valence-electron chi connectivity index (χ2n) is 6.37. The zero-order valence-electron chi connectivity index (χ0n) is 14.9. The van der Waals surface area contributed by atoms with Gasteiger partial charge >= 0.3 is 6.18 Å². The minimum atomic E-state index is -4.54. The lowest BCUT2D eigenvalue weighted by Gasteiger charge is -2.33. The first-order valence-corrected chi connectivity index (χ1v) is 8.74. The van der Waals surface area contributed by atoms with Gasteiger partial charge in [0, 0.05) is 12.1 Å². The van der Waals surface area contributed by atoms with Crippen LogP contribution in [0.15, 0.2) is 54.6 Å². The molecule has 1 atom stereocenters. The predicted octanol–water partition coefficient (Wildman–Crippen LogP) is 3.04. The lowest BCUT2D eigenvalue weighted by Crippen LogP contribution is -2.46. The molecule has 28 heavy (non-hydrogen) atoms. The monoisotopic (exact) mass is 392 g/mol. The van der Waals surface area contributed by atoms with E-state index in [-0.39, 0.29) is 24.1 Å². The van der Waals surface area contributed by atoms with Crippen LogP contribution in [0.2, 0.25) is 0 Å². The van der Waals surface area contributed by atoms with E-state index in [4.69, 9.17) is 4.74 Å². The molecular formula is C20H19F3N2O3. The van der Waals surface area contributed by atoms with Gasteiger partial charge < -0.3 is 15.0 Å². The zero-order chi connectivity index (χ0) is 20.1. The summed E-state index contributed by atoms with van der Waals surface area (Å²) in [6.45, 7) is 0.813. The third kappa shape index (κ3) is 4.89. The van der Waals surface area contributed by atoms with E-state index in [9.17, 15) is 22.8 Å². The van der Waals surface area contributed by atoms with Gasteiger partial charge in [-0.2, -0.15) is 13.2 Å². The van der Waals surface area contributed by atoms with Crippen molar-refractivity contribution in [1.29, 1.82) is 0 Å². The van der Waals surface area contributed by atoms with Gasteiger partial charge in [-0.25, -0.2) is 0 Å². The van der Waals surface area contributed by atoms with Crippen molar-refractivity contribution in [2.75, 3.05) is 26.2 Å². The number of hydrogen-bond acceptors (Lipinski definition) is 3. The highest BCUT2D eigenvalue weighted by Gasteiger charge is 2.31. The fraction of sp³-hybridized carbons (Fsp3) is 0.300. The third-order valence-corrected chi connectivity index (χ3v) is 4.44. The molecule has 1 aliphatic rings. The highest BCUT2D eigenvalue weighted by Crippen LogP contribution is 2.29. The number of nitrogens with one attached hydrogen (secondary N) is 1. The topological polar surface area (TPSA) is 58.6 Å². The lowest BCUT2D eigenvalue weighted by atomic mass is 10.1. The Balaban J connectivity index is 1.57. The van der Waals surface area contributed by atoms with Gasteiger partial charge in [-0.3, -0.25) is 9.59 Å². The summed E-state index contributed by atoms with van der Waals surface area (Å²) in [5.74, 6) is -1.04. The second-order valence-corrected chi connectivity index (χ2v) is 6.37. The van der Waals surface area contributed by atoms with Crippen molar-refractivity contribution in [1.82, 2.24) is 10.2 Å². The third-order valence-electron chi connectivity index (χ3n) is 4.44. The minimum Gasteiger partial charge on any atom is -0.370 e. The predicted molar refractivity (Wildman–Crippen MR) is 95.5 cm³/mol. The Bertz CT molecular complexity index is 840. The molecule has 2 aromatic carbocycles. The van der Waals surface area contributed by atoms with E-state index in [1.807, 2.05) is 30.3 Å². The van der Waals surface area contributed by atoms with Crippen LogP contribution >= 0.6 is 0 Å². The van der Waals surface area contributed by atoms with Gasteiger partial charge in [-0.1, -0.05) is 36.4 Å². The fourth-order valence-electron chi connectivity index (χ4n) is 2.95. The Labute approximate surface area is 160 Å². The van der Waals surface area contributed by atoms with Crippen molar-refractivity contribution in [2.24, 2.45) is 0 Å². The smallest absolute Gasteiger partial charge is 0.370 e. The maximum absolute atomic E-state index is 12.8. The Kier molecular flexibility index (Phi) is 5.99. The number of alkyl halides is 3. The first-order valence-electron chi connectivity index (χ1n) is 8.74. The molecular weight excluding hydrogens is 373 g/mol. The van der Waals surface area contributed by atoms with Crippen molar-refractivity contribution >= 4 is 11.8 Å². The van der Waals surface area contributed by atoms with Crippen LogP contribution in [0.1, 0.15) is 27.6 Å². The lowest BCUT2D eigenvalue weighted by molar-refractivity contribution is -0.138. The summed E-state index contributed by atoms with van der Waals surface area (Å²) >= 11 is 0. The number of amides is 2. The van der Waals surface area contributed by atoms with Crippen molar-refractivity contribution in [2.45, 2.75) is 12.3 Å². The Morgan fingerprint density at radius 2 is 1.86 bits per heavy atom. The molecule has 3 rings (SSSR count). The highest BCUT2D eigenvalue weighted by molar-refractivity contribution is 5.96. The molecule has 2 amide bonds. The number of carbonyl (C=O) groups is 2. The Morgan fingerprint density at radius 1 is 1.11 bits per heavy atom. The molecule has 1 N–H and O–H groups in total. The first-order chi connectivity index (χ1) is 13.3. The van der Waals surface area contributed by atoms with E-state index >= 15 is 0 Å². The number of ether oxygens (including phenoxy) is 1. The quantitative estimate of drug-likeness (QED) is 0.870. The van der Waals surface area contributed by atoms with E-state index in [0.29, 0.717) is 19.7 Å². The van der Waals surface area contributed by atoms with Crippen molar-refractivity contribution in [3.63, 3.8) is 0 Å². The second kappa shape index (κ2) is 8.43. The van der Waals surface area contributed by atoms with Crippen LogP contribution in [0.5, 0.6) is 0 Å². The number of hydrogen-bond donors (Lipinski definition) is 1. The van der Waals surface area contributed by atoms with E-state index in [0.717, 1.165) is 23.8 Å². The van der Waals surface area contributed by atoms with Crippen molar-refractivity contribution < 1.29 is 27.5 Å². The average molecular weight is 392 g/mol. The standard InChI is InChI=1S/C20H19F3N2O3/c21-20(22,23)16-8-4-7-15(11-16)19(27)24-12-18(26)25-9-10-28-17(13-25)14-5-2-1-3-6-14/h1-8,11,17H,9-10,12-13H2,(H,24,27). The molecule has 1 aliphatic heterocycles. The fourth-order valence-corrected chi connectivity index (χ4v) is 2.95. The van der Waals surface area contributed by atoms with E-state index in [1.54, 1.807) is 4.90 Å². The molecule has 2 aromatic rings. The van der Waals surface area contributed by atoms with Gasteiger partial charge in [-0.05, 0) is 23.8 Å². The van der Waals surface area contributed by atoms with E-state index < -0.39 is 17.6 Å². The largest absolute Gasteiger partial charge is 0.416 e. The van der Waals surface area contributed by atoms with Gasteiger partial charge in [0.05, 0.1) is 25.3 Å². The molecule has 0 spiro atoms. The summed E-state index contributed by atoms with van der Waals surface area (Å²) in [5, 5.41) is 2.39. The molecule has 5 nitrogen and oxygen atoms in total. The van der Waals surface area contributed by atoms with Crippen LogP contribution in [-0.4, -0.2) is 43.0 Å². The summed E-state index contributed by atoms with van der Waals surface area (Å²) in [6.07, 6.45) is -4.79. The Hall–Kier alpha value is -2.87. The van der Waals surface area contributed by atoms with Crippen LogP contribution < -0.4 is 5.32 Å². The van der Waals surface area contributed by atoms with Crippen LogP contribution in [0, 0.1) is 0 Å². The summed E-state index contributed by atoms with van der Waals surface area (Å²) in [5.41, 5.74) is -0.106. The molecule has 0 saturated carbocycles. The molecule has 1 unspecified atom stereocenters. The van der Waals surface area contributed by atoms with Crippen LogP contribution in [0.3, 0.4) is 0 Å². The minimum absolute atomic E-state index is 0.147. The molecule has 1 saturated heterocycles. The average Bonchev–Trinajstić information content (AvgIpc) is 2.72. The molecule has 8 heteroatoms. The summed E-state index contributed by atoms with van der Waals surface area (Å²) < 4.78 is 44.0. The van der Waals surface area contributed by atoms with Gasteiger partial charge in [0.1, 0.15) is 6.10 Å². The number of carbonyl (C=O) groups excluding carboxylic acids is 2. The van der Waals surface area contributed by atoms with E-state index in [2.05, 4.69) is 5.32 Å². The highest BCUT2D eigenvalue weighted by atomic mass is 19.4. The molecule has 1 fully saturated rings. The summed E-state index contributed by atoms with van der Waals surface area (Å²) in [7, 11) is 0. The maximum atomic E-state index is 12.8. The van der Waals surface area contributed by atoms with Gasteiger partial charge in [-0.15, -0.1) is 0 Å². The summed E-state index contributed by atoms with van der Waals surface area (Å²) in [6, 6.07) is 13.6. The molecule has 0 aromatic heterocycles. The number of rotatable bonds is 4. The SMILES string of the molecule is O=C(NCC(=O)N1CCOC(c2ccccc2)C1)c1cccc(C(F)(F)F)c1. The number of halogens is 3. The molecule has 0 bridgehead atoms. The molecule has 148 valence electrons. The molecule has 0 aliphatic carbocycles. The van der Waals surface area contributed by atoms with Crippen LogP contribution in [-0.2, 0) is 15.7 Å². The first kappa shape index (κ1) is 19.9. The van der Waals surface area contributed by atoms with Crippen molar-refractivity contribution in [3.8, 4) is 0 Å².